The number of nitrogens with one attached hydrogen (secondary N) is 2. The minimum atomic E-state index is -0.479. The molecule has 0 fully saturated rings. The summed E-state index contributed by atoms with van der Waals surface area (Å²) in [6, 6.07) is 0. The van der Waals surface area contributed by atoms with Crippen LogP contribution in [0.25, 0.3) is 0 Å². The Morgan fingerprint density at radius 3 is 2.87 bits per heavy atom. The number of hydrogen-bond donors (Lipinski definition) is 2. The minimum Gasteiger partial charge on any atom is -0.285 e. The predicted molar refractivity (Wildman–Crippen MR) is 47.9 cm³/mol. The molecule has 9 nitrogen and oxygen atoms in total. The van der Waals surface area contributed by atoms with Crippen LogP contribution < -0.4 is 5.32 Å². The van der Waals surface area contributed by atoms with Crippen LogP contribution in [0.3, 0.4) is 0 Å². The topological polar surface area (TPSA) is 114 Å². The molecule has 0 saturated carbocycles. The Labute approximate surface area is 83.9 Å². The second-order valence-corrected chi connectivity index (χ2v) is 2.80. The average molecular weight is 208 g/mol. The Kier molecular flexibility index (Phi) is 2.12. The van der Waals surface area contributed by atoms with Crippen molar-refractivity contribution >= 4 is 11.9 Å². The van der Waals surface area contributed by atoms with Crippen molar-refractivity contribution in [2.75, 3.05) is 5.32 Å². The number of amides is 1. The van der Waals surface area contributed by atoms with Gasteiger partial charge in [0.2, 0.25) is 5.82 Å². The van der Waals surface area contributed by atoms with Gasteiger partial charge >= 0.3 is 0 Å². The van der Waals surface area contributed by atoms with E-state index in [1.807, 2.05) is 0 Å². The zero-order valence-corrected chi connectivity index (χ0v) is 8.09. The van der Waals surface area contributed by atoms with Crippen LogP contribution in [-0.2, 0) is 7.05 Å². The lowest BCUT2D eigenvalue weighted by Gasteiger charge is -1.93. The SMILES string of the molecule is Cc1nc(C(=O)Nc2nnn(C)n2)n[nH]1. The molecule has 0 atom stereocenters. The molecular weight excluding hydrogens is 200 g/mol. The molecule has 0 aliphatic carbocycles. The molecule has 0 aromatic carbocycles. The molecule has 9 heteroatoms. The highest BCUT2D eigenvalue weighted by Crippen LogP contribution is 1.97. The van der Waals surface area contributed by atoms with Gasteiger partial charge in [-0.2, -0.15) is 4.80 Å². The number of tetrazole rings is 1. The first-order chi connectivity index (χ1) is 7.15. The normalized spacial score (nSPS) is 10.3. The first kappa shape index (κ1) is 9.24. The Morgan fingerprint density at radius 2 is 2.33 bits per heavy atom. The second-order valence-electron chi connectivity index (χ2n) is 2.80. The standard InChI is InChI=1S/C6H8N8O/c1-3-7-4(10-9-3)5(15)8-6-11-13-14(2)12-6/h1-2H3,(H,7,9,10)(H,8,12,15). The largest absolute Gasteiger partial charge is 0.297 e. The molecule has 2 aromatic rings. The third-order valence-corrected chi connectivity index (χ3v) is 1.53. The van der Waals surface area contributed by atoms with E-state index in [0.717, 1.165) is 0 Å². The van der Waals surface area contributed by atoms with E-state index >= 15 is 0 Å². The number of aromatic amines is 1. The van der Waals surface area contributed by atoms with Crippen molar-refractivity contribution in [1.29, 1.82) is 0 Å². The van der Waals surface area contributed by atoms with Crippen LogP contribution >= 0.6 is 0 Å². The summed E-state index contributed by atoms with van der Waals surface area (Å²) in [6.07, 6.45) is 0. The summed E-state index contributed by atoms with van der Waals surface area (Å²) in [6.45, 7) is 1.70. The molecule has 0 radical (unpaired) electrons. The maximum absolute atomic E-state index is 11.5. The quantitative estimate of drug-likeness (QED) is 0.646. The molecule has 78 valence electrons. The highest BCUT2D eigenvalue weighted by Gasteiger charge is 2.13. The molecule has 0 spiro atoms. The van der Waals surface area contributed by atoms with Crippen molar-refractivity contribution in [1.82, 2.24) is 35.4 Å². The molecule has 2 N–H and O–H groups in total. The molecule has 0 saturated heterocycles. The molecule has 0 unspecified atom stereocenters. The number of aromatic nitrogens is 7. The van der Waals surface area contributed by atoms with Crippen molar-refractivity contribution in [3.63, 3.8) is 0 Å². The molecule has 2 heterocycles. The van der Waals surface area contributed by atoms with Gasteiger partial charge < -0.3 is 0 Å². The van der Waals surface area contributed by atoms with Crippen LogP contribution in [0, 0.1) is 6.92 Å². The Bertz CT molecular complexity index is 485. The van der Waals surface area contributed by atoms with Crippen LogP contribution in [0.5, 0.6) is 0 Å². The summed E-state index contributed by atoms with van der Waals surface area (Å²) in [5.41, 5.74) is 0. The summed E-state index contributed by atoms with van der Waals surface area (Å²) in [4.78, 5) is 16.6. The lowest BCUT2D eigenvalue weighted by Crippen LogP contribution is -2.15. The number of hydrogen-bond acceptors (Lipinski definition) is 6. The lowest BCUT2D eigenvalue weighted by molar-refractivity contribution is 0.101. The molecule has 1 amide bonds. The van der Waals surface area contributed by atoms with Crippen molar-refractivity contribution in [2.45, 2.75) is 6.92 Å². The fourth-order valence-corrected chi connectivity index (χ4v) is 0.936. The van der Waals surface area contributed by atoms with Crippen molar-refractivity contribution < 1.29 is 4.79 Å². The summed E-state index contributed by atoms with van der Waals surface area (Å²) in [5.74, 6) is 0.240. The average Bonchev–Trinajstić information content (AvgIpc) is 2.75. The van der Waals surface area contributed by atoms with Crippen molar-refractivity contribution in [3.05, 3.63) is 11.6 Å². The number of rotatable bonds is 2. The molecule has 0 aliphatic rings. The van der Waals surface area contributed by atoms with E-state index in [0.29, 0.717) is 5.82 Å². The molecule has 0 bridgehead atoms. The van der Waals surface area contributed by atoms with Crippen LogP contribution in [0.15, 0.2) is 0 Å². The number of anilines is 1. The highest BCUT2D eigenvalue weighted by atomic mass is 16.2. The summed E-state index contributed by atoms with van der Waals surface area (Å²) in [5, 5.41) is 19.6. The van der Waals surface area contributed by atoms with Crippen molar-refractivity contribution in [2.24, 2.45) is 7.05 Å². The van der Waals surface area contributed by atoms with E-state index in [1.165, 1.54) is 4.80 Å². The third kappa shape index (κ3) is 1.95. The molecule has 2 rings (SSSR count). The van der Waals surface area contributed by atoms with E-state index in [9.17, 15) is 4.79 Å². The molecule has 0 aliphatic heterocycles. The van der Waals surface area contributed by atoms with E-state index in [4.69, 9.17) is 0 Å². The Hall–Kier alpha value is -2.32. The maximum Gasteiger partial charge on any atom is 0.297 e. The van der Waals surface area contributed by atoms with Gasteiger partial charge in [0.25, 0.3) is 11.9 Å². The Balaban J connectivity index is 2.10. The summed E-state index contributed by atoms with van der Waals surface area (Å²) >= 11 is 0. The van der Waals surface area contributed by atoms with Gasteiger partial charge in [-0.15, -0.1) is 10.2 Å². The Morgan fingerprint density at radius 1 is 1.53 bits per heavy atom. The van der Waals surface area contributed by atoms with E-state index in [2.05, 4.69) is 35.9 Å². The monoisotopic (exact) mass is 208 g/mol. The number of aryl methyl sites for hydroxylation is 2. The third-order valence-electron chi connectivity index (χ3n) is 1.53. The van der Waals surface area contributed by atoms with Crippen molar-refractivity contribution in [3.8, 4) is 0 Å². The molecule has 2 aromatic heterocycles. The first-order valence-electron chi connectivity index (χ1n) is 4.09. The van der Waals surface area contributed by atoms with Gasteiger partial charge in [-0.3, -0.25) is 15.2 Å². The van der Waals surface area contributed by atoms with Crippen LogP contribution in [-0.4, -0.2) is 41.3 Å². The van der Waals surface area contributed by atoms with Gasteiger partial charge in [-0.1, -0.05) is 5.10 Å². The smallest absolute Gasteiger partial charge is 0.285 e. The zero-order chi connectivity index (χ0) is 10.8. The fourth-order valence-electron chi connectivity index (χ4n) is 0.936. The molecular formula is C6H8N8O. The summed E-state index contributed by atoms with van der Waals surface area (Å²) < 4.78 is 0. The number of carbonyl (C=O) groups excluding carboxylic acids is 1. The first-order valence-corrected chi connectivity index (χ1v) is 4.09. The predicted octanol–water partition coefficient (Wildman–Crippen LogP) is -1.11. The number of H-pyrrole nitrogens is 1. The van der Waals surface area contributed by atoms with Crippen LogP contribution in [0.1, 0.15) is 16.4 Å². The van der Waals surface area contributed by atoms with E-state index in [-0.39, 0.29) is 11.8 Å². The zero-order valence-electron chi connectivity index (χ0n) is 8.09. The molecule has 15 heavy (non-hydrogen) atoms. The van der Waals surface area contributed by atoms with Gasteiger partial charge in [-0.05, 0) is 12.1 Å². The second kappa shape index (κ2) is 3.44. The van der Waals surface area contributed by atoms with E-state index in [1.54, 1.807) is 14.0 Å². The number of nitrogens with zero attached hydrogens (tertiary/aromatic N) is 6. The van der Waals surface area contributed by atoms with Gasteiger partial charge in [-0.25, -0.2) is 4.98 Å². The highest BCUT2D eigenvalue weighted by molar-refractivity contribution is 6.00. The van der Waals surface area contributed by atoms with Gasteiger partial charge in [0.05, 0.1) is 7.05 Å². The van der Waals surface area contributed by atoms with Crippen LogP contribution in [0.2, 0.25) is 0 Å². The minimum absolute atomic E-state index is 0.0416. The maximum atomic E-state index is 11.5. The van der Waals surface area contributed by atoms with Gasteiger partial charge in [0, 0.05) is 0 Å². The number of carbonyl (C=O) groups is 1. The lowest BCUT2D eigenvalue weighted by atomic mass is 10.5. The van der Waals surface area contributed by atoms with Gasteiger partial charge in [0.15, 0.2) is 0 Å². The summed E-state index contributed by atoms with van der Waals surface area (Å²) in [7, 11) is 1.60. The fraction of sp³-hybridized carbons (Fsp3) is 0.333. The van der Waals surface area contributed by atoms with Crippen LogP contribution in [0.4, 0.5) is 5.95 Å². The van der Waals surface area contributed by atoms with E-state index < -0.39 is 5.91 Å². The van der Waals surface area contributed by atoms with Gasteiger partial charge in [0.1, 0.15) is 5.82 Å².